The summed E-state index contributed by atoms with van der Waals surface area (Å²) >= 11 is 0. The van der Waals surface area contributed by atoms with Crippen LogP contribution in [-0.2, 0) is 22.4 Å². The number of carbonyl (C=O) groups is 2. The molecule has 2 N–H and O–H groups in total. The van der Waals surface area contributed by atoms with Crippen molar-refractivity contribution in [3.8, 4) is 0 Å². The van der Waals surface area contributed by atoms with Crippen molar-refractivity contribution in [2.45, 2.75) is 58.2 Å². The number of hydrazine groups is 1. The highest BCUT2D eigenvalue weighted by Crippen LogP contribution is 2.20. The average molecular weight is 455 g/mol. The van der Waals surface area contributed by atoms with Crippen LogP contribution in [0, 0.1) is 0 Å². The van der Waals surface area contributed by atoms with Crippen molar-refractivity contribution >= 4 is 12.0 Å². The predicted molar refractivity (Wildman–Crippen MR) is 125 cm³/mol. The van der Waals surface area contributed by atoms with Crippen molar-refractivity contribution in [1.82, 2.24) is 14.9 Å². The van der Waals surface area contributed by atoms with Crippen LogP contribution in [0.4, 0.5) is 4.79 Å². The predicted octanol–water partition coefficient (Wildman–Crippen LogP) is 3.56. The fraction of sp³-hybridized carbons (Fsp3) is 0.480. The summed E-state index contributed by atoms with van der Waals surface area (Å²) in [4.78, 5) is 31.4. The number of amides is 2. The second-order valence-electron chi connectivity index (χ2n) is 9.23. The largest absolute Gasteiger partial charge is 0.449 e. The molecule has 0 aliphatic carbocycles. The molecule has 2 amide bonds. The summed E-state index contributed by atoms with van der Waals surface area (Å²) in [5, 5.41) is 1.21. The highest BCUT2D eigenvalue weighted by Gasteiger charge is 2.28. The van der Waals surface area contributed by atoms with Crippen molar-refractivity contribution in [1.29, 1.82) is 0 Å². The molecule has 33 heavy (non-hydrogen) atoms. The normalized spacial score (nSPS) is 15.8. The van der Waals surface area contributed by atoms with Crippen LogP contribution in [0.1, 0.15) is 55.2 Å². The van der Waals surface area contributed by atoms with Gasteiger partial charge in [-0.25, -0.2) is 10.6 Å². The number of hydrogen-bond acceptors (Lipinski definition) is 6. The first-order valence-corrected chi connectivity index (χ1v) is 11.4. The second kappa shape index (κ2) is 11.2. The molecule has 0 saturated carbocycles. The van der Waals surface area contributed by atoms with E-state index in [0.29, 0.717) is 25.1 Å². The summed E-state index contributed by atoms with van der Waals surface area (Å²) in [6.45, 7) is 7.60. The maximum Gasteiger partial charge on any atom is 0.410 e. The molecule has 3 rings (SSSR count). The number of nitrogens with two attached hydrogens (primary N) is 1. The minimum absolute atomic E-state index is 0.00208. The van der Waals surface area contributed by atoms with E-state index >= 15 is 0 Å². The van der Waals surface area contributed by atoms with Crippen LogP contribution in [0.15, 0.2) is 48.7 Å². The minimum Gasteiger partial charge on any atom is -0.449 e. The van der Waals surface area contributed by atoms with Gasteiger partial charge in [0.15, 0.2) is 0 Å². The number of pyridine rings is 1. The summed E-state index contributed by atoms with van der Waals surface area (Å²) in [7, 11) is 0. The molecular formula is C25H34N4O4. The number of aromatic nitrogens is 1. The van der Waals surface area contributed by atoms with E-state index in [1.807, 2.05) is 51.1 Å². The zero-order chi connectivity index (χ0) is 23.8. The van der Waals surface area contributed by atoms with Gasteiger partial charge in [0.25, 0.3) is 5.91 Å². The van der Waals surface area contributed by atoms with Crippen molar-refractivity contribution < 1.29 is 19.1 Å². The number of nitrogens with zero attached hydrogens (tertiary/aromatic N) is 3. The molecule has 0 radical (unpaired) electrons. The molecule has 8 nitrogen and oxygen atoms in total. The fourth-order valence-corrected chi connectivity index (χ4v) is 3.63. The molecule has 2 aromatic rings. The zero-order valence-electron chi connectivity index (χ0n) is 19.7. The molecule has 1 aromatic heterocycles. The van der Waals surface area contributed by atoms with Crippen LogP contribution >= 0.6 is 0 Å². The molecule has 1 atom stereocenters. The van der Waals surface area contributed by atoms with E-state index in [0.717, 1.165) is 30.7 Å². The van der Waals surface area contributed by atoms with Gasteiger partial charge < -0.3 is 9.47 Å². The van der Waals surface area contributed by atoms with Gasteiger partial charge >= 0.3 is 6.09 Å². The molecule has 1 saturated heterocycles. The third-order valence-electron chi connectivity index (χ3n) is 5.57. The second-order valence-corrected chi connectivity index (χ2v) is 9.23. The van der Waals surface area contributed by atoms with Gasteiger partial charge in [-0.05, 0) is 63.4 Å². The third-order valence-corrected chi connectivity index (χ3v) is 5.57. The molecule has 1 aliphatic heterocycles. The molecule has 178 valence electrons. The van der Waals surface area contributed by atoms with Crippen LogP contribution in [0.25, 0.3) is 0 Å². The number of hydrogen-bond donors (Lipinski definition) is 1. The maximum atomic E-state index is 12.8. The van der Waals surface area contributed by atoms with E-state index in [-0.39, 0.29) is 24.7 Å². The summed E-state index contributed by atoms with van der Waals surface area (Å²) < 4.78 is 11.1. The van der Waals surface area contributed by atoms with Crippen LogP contribution in [0.5, 0.6) is 0 Å². The van der Waals surface area contributed by atoms with E-state index < -0.39 is 5.54 Å². The Hall–Kier alpha value is -2.97. The summed E-state index contributed by atoms with van der Waals surface area (Å²) in [6, 6.07) is 12.8. The Kier molecular flexibility index (Phi) is 8.41. The summed E-state index contributed by atoms with van der Waals surface area (Å²) in [6.07, 6.45) is 3.81. The van der Waals surface area contributed by atoms with E-state index in [1.54, 1.807) is 23.2 Å². The van der Waals surface area contributed by atoms with E-state index in [4.69, 9.17) is 15.3 Å². The number of carbonyl (C=O) groups excluding carboxylic acids is 2. The van der Waals surface area contributed by atoms with Gasteiger partial charge in [-0.2, -0.15) is 0 Å². The van der Waals surface area contributed by atoms with Crippen molar-refractivity contribution in [3.05, 3.63) is 65.5 Å². The number of benzene rings is 1. The standard InChI is InChI=1S/C25H34N4O4/c1-25(2,3)28(24(31)33-16-13-21-7-4-5-14-27-21)17-19-9-11-20(12-10-19)23(30)29(26)18-22-8-6-15-32-22/h4-5,7,9-12,14,22H,6,8,13,15-18,26H2,1-3H3. The lowest BCUT2D eigenvalue weighted by Gasteiger charge is -2.35. The van der Waals surface area contributed by atoms with Crippen LogP contribution < -0.4 is 5.84 Å². The summed E-state index contributed by atoms with van der Waals surface area (Å²) in [5.74, 6) is 5.71. The fourth-order valence-electron chi connectivity index (χ4n) is 3.63. The Morgan fingerprint density at radius 2 is 1.94 bits per heavy atom. The van der Waals surface area contributed by atoms with Crippen LogP contribution in [0.3, 0.4) is 0 Å². The Bertz CT molecular complexity index is 906. The highest BCUT2D eigenvalue weighted by molar-refractivity contribution is 5.93. The van der Waals surface area contributed by atoms with Gasteiger partial charge in [0, 0.05) is 42.6 Å². The van der Waals surface area contributed by atoms with E-state index in [1.165, 1.54) is 5.01 Å². The Morgan fingerprint density at radius 3 is 2.55 bits per heavy atom. The lowest BCUT2D eigenvalue weighted by atomic mass is 10.0. The molecule has 0 bridgehead atoms. The molecular weight excluding hydrogens is 420 g/mol. The summed E-state index contributed by atoms with van der Waals surface area (Å²) in [5.41, 5.74) is 1.83. The minimum atomic E-state index is -0.439. The molecule has 8 heteroatoms. The topological polar surface area (TPSA) is 98.0 Å². The highest BCUT2D eigenvalue weighted by atomic mass is 16.6. The van der Waals surface area contributed by atoms with Crippen molar-refractivity contribution in [2.75, 3.05) is 19.8 Å². The first-order valence-electron chi connectivity index (χ1n) is 11.4. The molecule has 1 unspecified atom stereocenters. The Morgan fingerprint density at radius 1 is 1.18 bits per heavy atom. The third kappa shape index (κ3) is 7.27. The molecule has 1 aliphatic rings. The Labute approximate surface area is 195 Å². The molecule has 1 aromatic carbocycles. The van der Waals surface area contributed by atoms with Gasteiger partial charge in [-0.15, -0.1) is 0 Å². The first kappa shape index (κ1) is 24.7. The molecule has 2 heterocycles. The van der Waals surface area contributed by atoms with Gasteiger partial charge in [0.05, 0.1) is 19.3 Å². The maximum absolute atomic E-state index is 12.8. The lowest BCUT2D eigenvalue weighted by molar-refractivity contribution is 0.0525. The SMILES string of the molecule is CC(C)(C)N(Cc1ccc(C(=O)N(N)CC2CCCO2)cc1)C(=O)OCCc1ccccn1. The quantitative estimate of drug-likeness (QED) is 0.372. The van der Waals surface area contributed by atoms with Gasteiger partial charge in [-0.1, -0.05) is 18.2 Å². The van der Waals surface area contributed by atoms with Crippen molar-refractivity contribution in [2.24, 2.45) is 5.84 Å². The van der Waals surface area contributed by atoms with Gasteiger partial charge in [0.1, 0.15) is 0 Å². The van der Waals surface area contributed by atoms with E-state index in [9.17, 15) is 9.59 Å². The smallest absolute Gasteiger partial charge is 0.410 e. The molecule has 0 spiro atoms. The first-order chi connectivity index (χ1) is 15.7. The average Bonchev–Trinajstić information content (AvgIpc) is 3.30. The zero-order valence-corrected chi connectivity index (χ0v) is 19.7. The van der Waals surface area contributed by atoms with Gasteiger partial charge in [0.2, 0.25) is 0 Å². The Balaban J connectivity index is 1.57. The van der Waals surface area contributed by atoms with Crippen LogP contribution in [-0.4, -0.2) is 58.3 Å². The van der Waals surface area contributed by atoms with Gasteiger partial charge in [-0.3, -0.25) is 19.7 Å². The number of rotatable bonds is 8. The monoisotopic (exact) mass is 454 g/mol. The van der Waals surface area contributed by atoms with E-state index in [2.05, 4.69) is 4.98 Å². The lowest BCUT2D eigenvalue weighted by Crippen LogP contribution is -2.45. The molecule has 1 fully saturated rings. The van der Waals surface area contributed by atoms with Crippen LogP contribution in [0.2, 0.25) is 0 Å². The van der Waals surface area contributed by atoms with Crippen molar-refractivity contribution in [3.63, 3.8) is 0 Å². The number of ether oxygens (including phenoxy) is 2.